The molecule has 43 heavy (non-hydrogen) atoms. The van der Waals surface area contributed by atoms with Crippen molar-refractivity contribution in [2.24, 2.45) is 0 Å². The summed E-state index contributed by atoms with van der Waals surface area (Å²) in [5, 5.41) is 15.5. The molecular weight excluding hydrogens is 555 g/mol. The van der Waals surface area contributed by atoms with Crippen LogP contribution in [0.25, 0.3) is 11.4 Å². The highest BCUT2D eigenvalue weighted by Gasteiger charge is 2.33. The van der Waals surface area contributed by atoms with E-state index in [0.29, 0.717) is 41.6 Å². The molecule has 0 radical (unpaired) electrons. The Bertz CT molecular complexity index is 1510. The Labute approximate surface area is 248 Å². The third-order valence-electron chi connectivity index (χ3n) is 7.18. The molecule has 0 bridgehead atoms. The van der Waals surface area contributed by atoms with E-state index in [2.05, 4.69) is 20.7 Å². The molecule has 5 rings (SSSR count). The Morgan fingerprint density at radius 3 is 2.33 bits per heavy atom. The van der Waals surface area contributed by atoms with E-state index in [0.717, 1.165) is 18.4 Å². The van der Waals surface area contributed by atoms with E-state index in [4.69, 9.17) is 14.2 Å². The molecule has 1 aromatic heterocycles. The Kier molecular flexibility index (Phi) is 9.57. The van der Waals surface area contributed by atoms with Crippen LogP contribution in [0.15, 0.2) is 72.8 Å². The Morgan fingerprint density at radius 1 is 1.02 bits per heavy atom. The van der Waals surface area contributed by atoms with Crippen LogP contribution in [0, 0.1) is 5.82 Å². The Hall–Kier alpha value is -4.84. The van der Waals surface area contributed by atoms with Crippen LogP contribution in [-0.4, -0.2) is 70.4 Å². The van der Waals surface area contributed by atoms with Crippen molar-refractivity contribution >= 4 is 11.8 Å². The van der Waals surface area contributed by atoms with Gasteiger partial charge in [-0.05, 0) is 77.7 Å². The zero-order valence-electron chi connectivity index (χ0n) is 24.0. The first-order valence-corrected chi connectivity index (χ1v) is 13.9. The number of methoxy groups -OCH3 is 2. The number of nitrogens with one attached hydrogen (secondary N) is 1. The maximum atomic E-state index is 14.0. The van der Waals surface area contributed by atoms with Crippen molar-refractivity contribution in [3.8, 4) is 22.9 Å². The predicted octanol–water partition coefficient (Wildman–Crippen LogP) is 3.56. The van der Waals surface area contributed by atoms with Crippen molar-refractivity contribution in [3.63, 3.8) is 0 Å². The molecule has 3 aromatic carbocycles. The number of ether oxygens (including phenoxy) is 3. The minimum atomic E-state index is -1.07. The lowest BCUT2D eigenvalue weighted by molar-refractivity contribution is -0.142. The van der Waals surface area contributed by atoms with Crippen LogP contribution in [0.3, 0.4) is 0 Å². The first kappa shape index (κ1) is 29.6. The van der Waals surface area contributed by atoms with Gasteiger partial charge in [0.1, 0.15) is 29.9 Å². The van der Waals surface area contributed by atoms with Gasteiger partial charge in [0.25, 0.3) is 0 Å². The summed E-state index contributed by atoms with van der Waals surface area (Å²) < 4.78 is 30.1. The molecule has 1 aliphatic heterocycles. The summed E-state index contributed by atoms with van der Waals surface area (Å²) in [7, 11) is 3.15. The SMILES string of the molecule is COc1ccc(CN(C(=O)Cn2nnc(-c3ccc(OC)cc3)n2)C(C(=O)NCC2CCCO2)c2ccc(F)cc2)cc1. The van der Waals surface area contributed by atoms with Gasteiger partial charge >= 0.3 is 0 Å². The van der Waals surface area contributed by atoms with Crippen molar-refractivity contribution in [1.82, 2.24) is 30.4 Å². The fourth-order valence-corrected chi connectivity index (χ4v) is 4.86. The van der Waals surface area contributed by atoms with Crippen molar-refractivity contribution < 1.29 is 28.2 Å². The van der Waals surface area contributed by atoms with Gasteiger partial charge in [-0.2, -0.15) is 4.80 Å². The third-order valence-corrected chi connectivity index (χ3v) is 7.18. The number of benzene rings is 3. The van der Waals surface area contributed by atoms with Gasteiger partial charge < -0.3 is 24.4 Å². The molecule has 1 saturated heterocycles. The molecule has 2 heterocycles. The zero-order valence-corrected chi connectivity index (χ0v) is 24.0. The van der Waals surface area contributed by atoms with Gasteiger partial charge in [-0.15, -0.1) is 10.2 Å². The molecule has 2 amide bonds. The van der Waals surface area contributed by atoms with Crippen LogP contribution in [0.4, 0.5) is 4.39 Å². The molecule has 0 spiro atoms. The monoisotopic (exact) mass is 588 g/mol. The van der Waals surface area contributed by atoms with Gasteiger partial charge in [0.2, 0.25) is 17.6 Å². The number of rotatable bonds is 12. The fraction of sp³-hybridized carbons (Fsp3) is 0.323. The summed E-state index contributed by atoms with van der Waals surface area (Å²) >= 11 is 0. The first-order chi connectivity index (χ1) is 20.9. The van der Waals surface area contributed by atoms with Gasteiger partial charge in [0.15, 0.2) is 0 Å². The highest BCUT2D eigenvalue weighted by molar-refractivity contribution is 5.88. The van der Waals surface area contributed by atoms with Gasteiger partial charge in [-0.1, -0.05) is 24.3 Å². The number of halogens is 1. The van der Waals surface area contributed by atoms with Crippen LogP contribution in [0.5, 0.6) is 11.5 Å². The minimum absolute atomic E-state index is 0.0816. The van der Waals surface area contributed by atoms with Crippen molar-refractivity contribution in [2.75, 3.05) is 27.4 Å². The molecule has 12 heteroatoms. The van der Waals surface area contributed by atoms with Crippen molar-refractivity contribution in [2.45, 2.75) is 38.1 Å². The number of tetrazole rings is 1. The molecule has 224 valence electrons. The summed E-state index contributed by atoms with van der Waals surface area (Å²) in [5.41, 5.74) is 1.92. The van der Waals surface area contributed by atoms with E-state index in [1.807, 2.05) is 12.1 Å². The van der Waals surface area contributed by atoms with E-state index in [-0.39, 0.29) is 19.2 Å². The van der Waals surface area contributed by atoms with Crippen molar-refractivity contribution in [3.05, 3.63) is 89.7 Å². The fourth-order valence-electron chi connectivity index (χ4n) is 4.86. The Balaban J connectivity index is 1.44. The lowest BCUT2D eigenvalue weighted by Gasteiger charge is -2.31. The summed E-state index contributed by atoms with van der Waals surface area (Å²) in [6.07, 6.45) is 1.66. The van der Waals surface area contributed by atoms with E-state index < -0.39 is 23.7 Å². The number of hydrogen-bond donors (Lipinski definition) is 1. The van der Waals surface area contributed by atoms with Crippen molar-refractivity contribution in [1.29, 1.82) is 0 Å². The summed E-state index contributed by atoms with van der Waals surface area (Å²) in [4.78, 5) is 30.4. The quantitative estimate of drug-likeness (QED) is 0.267. The van der Waals surface area contributed by atoms with Gasteiger partial charge in [0, 0.05) is 25.3 Å². The lowest BCUT2D eigenvalue weighted by Crippen LogP contribution is -2.46. The largest absolute Gasteiger partial charge is 0.497 e. The van der Waals surface area contributed by atoms with Gasteiger partial charge in [0.05, 0.1) is 20.3 Å². The molecule has 0 saturated carbocycles. The van der Waals surface area contributed by atoms with E-state index in [1.165, 1.54) is 34.0 Å². The maximum absolute atomic E-state index is 14.0. The van der Waals surface area contributed by atoms with Crippen LogP contribution < -0.4 is 14.8 Å². The molecule has 2 atom stereocenters. The van der Waals surface area contributed by atoms with Gasteiger partial charge in [-0.3, -0.25) is 9.59 Å². The summed E-state index contributed by atoms with van der Waals surface area (Å²) in [6.45, 7) is 0.749. The van der Waals surface area contributed by atoms with Crippen LogP contribution in [0.2, 0.25) is 0 Å². The van der Waals surface area contributed by atoms with E-state index in [1.54, 1.807) is 50.6 Å². The maximum Gasteiger partial charge on any atom is 0.247 e. The topological polar surface area (TPSA) is 121 Å². The Morgan fingerprint density at radius 2 is 1.70 bits per heavy atom. The number of hydrogen-bond acceptors (Lipinski definition) is 8. The second kappa shape index (κ2) is 13.9. The number of carbonyl (C=O) groups excluding carboxylic acids is 2. The second-order valence-corrected chi connectivity index (χ2v) is 10.1. The summed E-state index contributed by atoms with van der Waals surface area (Å²) in [5.74, 6) is 0.384. The van der Waals surface area contributed by atoms with E-state index in [9.17, 15) is 14.0 Å². The highest BCUT2D eigenvalue weighted by atomic mass is 19.1. The van der Waals surface area contributed by atoms with Crippen LogP contribution in [0.1, 0.15) is 30.0 Å². The third kappa shape index (κ3) is 7.52. The van der Waals surface area contributed by atoms with Crippen LogP contribution in [-0.2, 0) is 27.4 Å². The molecule has 0 aliphatic carbocycles. The standard InChI is InChI=1S/C31H33FN6O5/c1-41-25-13-5-21(6-14-25)19-37(28(39)20-38-35-30(34-36-38)23-9-15-26(42-2)16-10-23)29(22-7-11-24(32)12-8-22)31(40)33-18-27-4-3-17-43-27/h5-16,27,29H,3-4,17-20H2,1-2H3,(H,33,40). The normalized spacial score (nSPS) is 15.1. The molecule has 1 N–H and O–H groups in total. The molecular formula is C31H33FN6O5. The first-order valence-electron chi connectivity index (χ1n) is 13.9. The lowest BCUT2D eigenvalue weighted by atomic mass is 10.0. The number of nitrogens with zero attached hydrogens (tertiary/aromatic N) is 5. The highest BCUT2D eigenvalue weighted by Crippen LogP contribution is 2.26. The average Bonchev–Trinajstić information content (AvgIpc) is 3.73. The van der Waals surface area contributed by atoms with Crippen LogP contribution >= 0.6 is 0 Å². The predicted molar refractivity (Wildman–Crippen MR) is 154 cm³/mol. The van der Waals surface area contributed by atoms with E-state index >= 15 is 0 Å². The number of carbonyl (C=O) groups is 2. The summed E-state index contributed by atoms with van der Waals surface area (Å²) in [6, 6.07) is 18.8. The molecule has 1 aliphatic rings. The number of amides is 2. The molecule has 4 aromatic rings. The molecule has 1 fully saturated rings. The minimum Gasteiger partial charge on any atom is -0.497 e. The zero-order chi connectivity index (χ0) is 30.2. The molecule has 11 nitrogen and oxygen atoms in total. The average molecular weight is 589 g/mol. The number of aromatic nitrogens is 4. The second-order valence-electron chi connectivity index (χ2n) is 10.1. The molecule has 2 unspecified atom stereocenters. The van der Waals surface area contributed by atoms with Gasteiger partial charge in [-0.25, -0.2) is 4.39 Å². The smallest absolute Gasteiger partial charge is 0.247 e.